The fraction of sp³-hybridized carbons (Fsp3) is 0.364. The van der Waals surface area contributed by atoms with E-state index in [1.54, 1.807) is 6.92 Å². The summed E-state index contributed by atoms with van der Waals surface area (Å²) in [5, 5.41) is 5.09. The zero-order valence-electron chi connectivity index (χ0n) is 17.6. The van der Waals surface area contributed by atoms with Crippen molar-refractivity contribution >= 4 is 23.4 Å². The third-order valence-corrected chi connectivity index (χ3v) is 4.66. The highest BCUT2D eigenvalue weighted by Gasteiger charge is 2.25. The van der Waals surface area contributed by atoms with Gasteiger partial charge in [-0.2, -0.15) is 0 Å². The molecule has 2 aromatic rings. The van der Waals surface area contributed by atoms with Crippen LogP contribution in [0.5, 0.6) is 11.5 Å². The minimum Gasteiger partial charge on any atom is -0.490 e. The summed E-state index contributed by atoms with van der Waals surface area (Å²) in [6.45, 7) is 4.57. The molecule has 0 fully saturated rings. The van der Waals surface area contributed by atoms with Gasteiger partial charge in [0, 0.05) is 12.6 Å². The topological polar surface area (TPSA) is 76.7 Å². The standard InChI is InChI=1S/C22H25ClF2N2O4/c1-4-6-9-31-20-15(23)10-14(12-18(20)30-5-2)21(28)27-19(22(29)26-3)13-7-8-16(24)17(25)11-13/h7-8,10-12,19H,4-6,9H2,1-3H3,(H,26,29)(H,27,28). The minimum atomic E-state index is -1.25. The van der Waals surface area contributed by atoms with Gasteiger partial charge in [0.2, 0.25) is 5.91 Å². The Morgan fingerprint density at radius 2 is 1.84 bits per heavy atom. The number of amides is 2. The number of carbonyl (C=O) groups is 2. The van der Waals surface area contributed by atoms with Crippen LogP contribution in [0, 0.1) is 11.6 Å². The van der Waals surface area contributed by atoms with Crippen molar-refractivity contribution in [3.8, 4) is 11.5 Å². The Morgan fingerprint density at radius 1 is 1.10 bits per heavy atom. The predicted molar refractivity (Wildman–Crippen MR) is 114 cm³/mol. The Hall–Kier alpha value is -2.87. The Labute approximate surface area is 184 Å². The summed E-state index contributed by atoms with van der Waals surface area (Å²) in [6.07, 6.45) is 1.76. The first-order valence-corrected chi connectivity index (χ1v) is 10.3. The Balaban J connectivity index is 2.34. The molecule has 6 nitrogen and oxygen atoms in total. The Morgan fingerprint density at radius 3 is 2.45 bits per heavy atom. The SMILES string of the molecule is CCCCOc1c(Cl)cc(C(=O)NC(C(=O)NC)c2ccc(F)c(F)c2)cc1OCC. The molecule has 0 bridgehead atoms. The van der Waals surface area contributed by atoms with E-state index in [-0.39, 0.29) is 16.1 Å². The fourth-order valence-corrected chi connectivity index (χ4v) is 3.04. The lowest BCUT2D eigenvalue weighted by atomic mass is 10.0. The number of hydrogen-bond acceptors (Lipinski definition) is 4. The van der Waals surface area contributed by atoms with Crippen LogP contribution >= 0.6 is 11.6 Å². The van der Waals surface area contributed by atoms with Gasteiger partial charge in [-0.05, 0) is 43.2 Å². The van der Waals surface area contributed by atoms with Crippen molar-refractivity contribution in [2.24, 2.45) is 0 Å². The molecule has 0 aliphatic carbocycles. The highest BCUT2D eigenvalue weighted by molar-refractivity contribution is 6.32. The number of carbonyl (C=O) groups excluding carboxylic acids is 2. The molecule has 2 amide bonds. The zero-order valence-corrected chi connectivity index (χ0v) is 18.3. The molecule has 2 rings (SSSR count). The zero-order chi connectivity index (χ0) is 23.0. The van der Waals surface area contributed by atoms with E-state index in [1.165, 1.54) is 25.2 Å². The molecule has 2 N–H and O–H groups in total. The van der Waals surface area contributed by atoms with Crippen LogP contribution in [0.15, 0.2) is 30.3 Å². The highest BCUT2D eigenvalue weighted by atomic mass is 35.5. The first-order chi connectivity index (χ1) is 14.8. The van der Waals surface area contributed by atoms with Gasteiger partial charge in [-0.15, -0.1) is 0 Å². The average molecular weight is 455 g/mol. The third-order valence-electron chi connectivity index (χ3n) is 4.38. The molecule has 168 valence electrons. The van der Waals surface area contributed by atoms with Crippen molar-refractivity contribution in [1.29, 1.82) is 0 Å². The van der Waals surface area contributed by atoms with Gasteiger partial charge in [-0.25, -0.2) is 8.78 Å². The molecule has 1 atom stereocenters. The van der Waals surface area contributed by atoms with E-state index in [0.717, 1.165) is 25.0 Å². The van der Waals surface area contributed by atoms with E-state index in [0.29, 0.717) is 24.7 Å². The fourth-order valence-electron chi connectivity index (χ4n) is 2.77. The van der Waals surface area contributed by atoms with E-state index in [9.17, 15) is 18.4 Å². The summed E-state index contributed by atoms with van der Waals surface area (Å²) < 4.78 is 38.2. The van der Waals surface area contributed by atoms with Crippen molar-refractivity contribution in [2.75, 3.05) is 20.3 Å². The van der Waals surface area contributed by atoms with Crippen LogP contribution in [0.2, 0.25) is 5.02 Å². The Kier molecular flexibility index (Phi) is 9.05. The molecule has 1 unspecified atom stereocenters. The van der Waals surface area contributed by atoms with E-state index >= 15 is 0 Å². The van der Waals surface area contributed by atoms with Crippen molar-refractivity contribution in [3.63, 3.8) is 0 Å². The molecular weight excluding hydrogens is 430 g/mol. The van der Waals surface area contributed by atoms with Crippen molar-refractivity contribution in [2.45, 2.75) is 32.7 Å². The van der Waals surface area contributed by atoms with E-state index in [1.807, 2.05) is 6.92 Å². The molecule has 9 heteroatoms. The lowest BCUT2D eigenvalue weighted by Crippen LogP contribution is -2.39. The van der Waals surface area contributed by atoms with Gasteiger partial charge < -0.3 is 20.1 Å². The monoisotopic (exact) mass is 454 g/mol. The quantitative estimate of drug-likeness (QED) is 0.521. The molecule has 0 saturated carbocycles. The van der Waals surface area contributed by atoms with Crippen LogP contribution in [0.4, 0.5) is 8.78 Å². The number of rotatable bonds is 10. The molecule has 2 aromatic carbocycles. The smallest absolute Gasteiger partial charge is 0.252 e. The molecule has 0 spiro atoms. The molecule has 0 aliphatic rings. The van der Waals surface area contributed by atoms with Crippen molar-refractivity contribution < 1.29 is 27.8 Å². The first-order valence-electron chi connectivity index (χ1n) is 9.88. The van der Waals surface area contributed by atoms with Crippen LogP contribution in [0.3, 0.4) is 0 Å². The average Bonchev–Trinajstić information content (AvgIpc) is 2.75. The predicted octanol–water partition coefficient (Wildman–Crippen LogP) is 4.41. The van der Waals surface area contributed by atoms with Crippen molar-refractivity contribution in [3.05, 3.63) is 58.1 Å². The summed E-state index contributed by atoms with van der Waals surface area (Å²) in [7, 11) is 1.37. The van der Waals surface area contributed by atoms with Crippen LogP contribution in [-0.2, 0) is 4.79 Å². The van der Waals surface area contributed by atoms with Crippen molar-refractivity contribution in [1.82, 2.24) is 10.6 Å². The molecule has 0 heterocycles. The Bertz CT molecular complexity index is 940. The van der Waals surface area contributed by atoms with Crippen LogP contribution in [-0.4, -0.2) is 32.1 Å². The molecule has 0 saturated heterocycles. The van der Waals surface area contributed by atoms with Crippen LogP contribution < -0.4 is 20.1 Å². The summed E-state index contributed by atoms with van der Waals surface area (Å²) >= 11 is 6.32. The highest BCUT2D eigenvalue weighted by Crippen LogP contribution is 2.37. The minimum absolute atomic E-state index is 0.0854. The number of likely N-dealkylation sites (N-methyl/N-ethyl adjacent to an activating group) is 1. The number of ether oxygens (including phenoxy) is 2. The van der Waals surface area contributed by atoms with Gasteiger partial charge in [-0.1, -0.05) is 31.0 Å². The number of hydrogen-bond donors (Lipinski definition) is 2. The van der Waals surface area contributed by atoms with Gasteiger partial charge in [-0.3, -0.25) is 9.59 Å². The maximum atomic E-state index is 13.7. The number of nitrogens with one attached hydrogen (secondary N) is 2. The van der Waals surface area contributed by atoms with Gasteiger partial charge in [0.1, 0.15) is 6.04 Å². The summed E-state index contributed by atoms with van der Waals surface area (Å²) in [4.78, 5) is 25.2. The second-order valence-corrected chi connectivity index (χ2v) is 7.02. The lowest BCUT2D eigenvalue weighted by molar-refractivity contribution is -0.122. The second-order valence-electron chi connectivity index (χ2n) is 6.61. The number of halogens is 3. The summed E-state index contributed by atoms with van der Waals surface area (Å²) in [5.41, 5.74) is 0.204. The summed E-state index contributed by atoms with van der Waals surface area (Å²) in [6, 6.07) is 4.58. The van der Waals surface area contributed by atoms with Gasteiger partial charge in [0.25, 0.3) is 5.91 Å². The maximum absolute atomic E-state index is 13.7. The number of unbranched alkanes of at least 4 members (excludes halogenated alkanes) is 1. The maximum Gasteiger partial charge on any atom is 0.252 e. The first kappa shape index (κ1) is 24.4. The van der Waals surface area contributed by atoms with Gasteiger partial charge in [0.15, 0.2) is 23.1 Å². The second kappa shape index (κ2) is 11.5. The lowest BCUT2D eigenvalue weighted by Gasteiger charge is -2.19. The van der Waals surface area contributed by atoms with E-state index in [2.05, 4.69) is 10.6 Å². The molecule has 0 aromatic heterocycles. The molecule has 0 aliphatic heterocycles. The van der Waals surface area contributed by atoms with Crippen LogP contribution in [0.25, 0.3) is 0 Å². The van der Waals surface area contributed by atoms with E-state index < -0.39 is 29.5 Å². The third kappa shape index (κ3) is 6.30. The number of benzene rings is 2. The normalized spacial score (nSPS) is 11.5. The van der Waals surface area contributed by atoms with Gasteiger partial charge in [0.05, 0.1) is 18.2 Å². The molecule has 31 heavy (non-hydrogen) atoms. The summed E-state index contributed by atoms with van der Waals surface area (Å²) in [5.74, 6) is -2.82. The van der Waals surface area contributed by atoms with E-state index in [4.69, 9.17) is 21.1 Å². The van der Waals surface area contributed by atoms with Gasteiger partial charge >= 0.3 is 0 Å². The largest absolute Gasteiger partial charge is 0.490 e. The molecule has 0 radical (unpaired) electrons. The van der Waals surface area contributed by atoms with Crippen LogP contribution in [0.1, 0.15) is 48.7 Å². The molecular formula is C22H25ClF2N2O4.